The first kappa shape index (κ1) is 15.2. The van der Waals surface area contributed by atoms with Gasteiger partial charge in [0.2, 0.25) is 0 Å². The summed E-state index contributed by atoms with van der Waals surface area (Å²) in [5.41, 5.74) is 0. The van der Waals surface area contributed by atoms with Crippen molar-refractivity contribution in [3.63, 3.8) is 0 Å². The first-order chi connectivity index (χ1) is 10.2. The number of hydrogen-bond donors (Lipinski definition) is 0. The molecule has 0 fully saturated rings. The molecule has 0 N–H and O–H groups in total. The minimum Gasteiger partial charge on any atom is -0.482 e. The molecule has 1 aromatic carbocycles. The Balaban J connectivity index is 1.78. The van der Waals surface area contributed by atoms with Gasteiger partial charge in [-0.15, -0.1) is 5.10 Å². The van der Waals surface area contributed by atoms with Crippen LogP contribution in [0.2, 0.25) is 5.02 Å². The highest BCUT2D eigenvalue weighted by molar-refractivity contribution is 6.30. The molecule has 0 unspecified atom stereocenters. The predicted octanol–water partition coefficient (Wildman–Crippen LogP) is 1.86. The second-order valence-electron chi connectivity index (χ2n) is 4.22. The normalized spacial score (nSPS) is 10.4. The van der Waals surface area contributed by atoms with Crippen LogP contribution in [0.1, 0.15) is 19.2 Å². The van der Waals surface area contributed by atoms with Crippen molar-refractivity contribution in [2.45, 2.75) is 26.5 Å². The van der Waals surface area contributed by atoms with Gasteiger partial charge in [0, 0.05) is 11.6 Å². The van der Waals surface area contributed by atoms with Gasteiger partial charge in [-0.3, -0.25) is 0 Å². The van der Waals surface area contributed by atoms with Crippen LogP contribution in [0, 0.1) is 0 Å². The number of rotatable bonds is 7. The SMILES string of the molecule is CCCn1nnnc1COC(=O)COc1cccc(Cl)c1. The van der Waals surface area contributed by atoms with Crippen LogP contribution in [0.15, 0.2) is 24.3 Å². The van der Waals surface area contributed by atoms with E-state index in [2.05, 4.69) is 15.5 Å². The number of hydrogen-bond acceptors (Lipinski definition) is 6. The molecule has 0 bridgehead atoms. The van der Waals surface area contributed by atoms with Gasteiger partial charge in [0.25, 0.3) is 0 Å². The summed E-state index contributed by atoms with van der Waals surface area (Å²) in [5.74, 6) is 0.518. The first-order valence-corrected chi connectivity index (χ1v) is 6.86. The molecule has 21 heavy (non-hydrogen) atoms. The smallest absolute Gasteiger partial charge is 0.344 e. The van der Waals surface area contributed by atoms with Gasteiger partial charge < -0.3 is 9.47 Å². The van der Waals surface area contributed by atoms with E-state index in [1.54, 1.807) is 28.9 Å². The Labute approximate surface area is 126 Å². The second kappa shape index (κ2) is 7.58. The summed E-state index contributed by atoms with van der Waals surface area (Å²) in [6.07, 6.45) is 0.893. The van der Waals surface area contributed by atoms with Crippen molar-refractivity contribution < 1.29 is 14.3 Å². The number of tetrazole rings is 1. The van der Waals surface area contributed by atoms with Crippen LogP contribution >= 0.6 is 11.6 Å². The Hall–Kier alpha value is -2.15. The zero-order valence-electron chi connectivity index (χ0n) is 11.5. The Morgan fingerprint density at radius 3 is 3.05 bits per heavy atom. The molecule has 0 saturated heterocycles. The summed E-state index contributed by atoms with van der Waals surface area (Å²) < 4.78 is 11.9. The number of halogens is 1. The monoisotopic (exact) mass is 310 g/mol. The molecule has 8 heteroatoms. The minimum absolute atomic E-state index is 0.0186. The first-order valence-electron chi connectivity index (χ1n) is 6.48. The van der Waals surface area contributed by atoms with Crippen LogP contribution in [0.3, 0.4) is 0 Å². The van der Waals surface area contributed by atoms with Gasteiger partial charge >= 0.3 is 5.97 Å². The lowest BCUT2D eigenvalue weighted by molar-refractivity contribution is -0.147. The minimum atomic E-state index is -0.499. The Morgan fingerprint density at radius 2 is 2.29 bits per heavy atom. The van der Waals surface area contributed by atoms with E-state index >= 15 is 0 Å². The van der Waals surface area contributed by atoms with Crippen LogP contribution in [-0.2, 0) is 22.7 Å². The fraction of sp³-hybridized carbons (Fsp3) is 0.385. The van der Waals surface area contributed by atoms with Crippen molar-refractivity contribution in [2.24, 2.45) is 0 Å². The lowest BCUT2D eigenvalue weighted by Crippen LogP contribution is -2.16. The Morgan fingerprint density at radius 1 is 1.43 bits per heavy atom. The van der Waals surface area contributed by atoms with E-state index < -0.39 is 5.97 Å². The van der Waals surface area contributed by atoms with E-state index in [0.29, 0.717) is 23.1 Å². The molecule has 0 spiro atoms. The average molecular weight is 311 g/mol. The summed E-state index contributed by atoms with van der Waals surface area (Å²) in [6, 6.07) is 6.79. The molecular formula is C13H15ClN4O3. The number of carbonyl (C=O) groups excluding carboxylic acids is 1. The third-order valence-corrected chi connectivity index (χ3v) is 2.79. The molecule has 2 aromatic rings. The number of esters is 1. The molecule has 1 aromatic heterocycles. The van der Waals surface area contributed by atoms with Crippen molar-refractivity contribution in [3.05, 3.63) is 35.1 Å². The number of nitrogens with zero attached hydrogens (tertiary/aromatic N) is 4. The quantitative estimate of drug-likeness (QED) is 0.726. The third kappa shape index (κ3) is 4.71. The van der Waals surface area contributed by atoms with Crippen molar-refractivity contribution in [2.75, 3.05) is 6.61 Å². The van der Waals surface area contributed by atoms with Crippen molar-refractivity contribution >= 4 is 17.6 Å². The maximum atomic E-state index is 11.6. The van der Waals surface area contributed by atoms with E-state index in [1.807, 2.05) is 6.92 Å². The lowest BCUT2D eigenvalue weighted by Gasteiger charge is -2.07. The van der Waals surface area contributed by atoms with Gasteiger partial charge in [-0.25, -0.2) is 9.48 Å². The topological polar surface area (TPSA) is 79.1 Å². The van der Waals surface area contributed by atoms with Crippen LogP contribution in [0.25, 0.3) is 0 Å². The van der Waals surface area contributed by atoms with Crippen molar-refractivity contribution in [1.82, 2.24) is 20.2 Å². The van der Waals surface area contributed by atoms with E-state index in [0.717, 1.165) is 6.42 Å². The molecular weight excluding hydrogens is 296 g/mol. The molecule has 2 rings (SSSR count). The number of aromatic nitrogens is 4. The standard InChI is InChI=1S/C13H15ClN4O3/c1-2-6-18-12(15-16-17-18)8-21-13(19)9-20-11-5-3-4-10(14)7-11/h3-5,7H,2,6,8-9H2,1H3. The fourth-order valence-electron chi connectivity index (χ4n) is 1.60. The molecule has 0 atom stereocenters. The fourth-order valence-corrected chi connectivity index (χ4v) is 1.78. The summed E-state index contributed by atoms with van der Waals surface area (Å²) >= 11 is 5.81. The zero-order chi connectivity index (χ0) is 15.1. The Bertz CT molecular complexity index is 603. The van der Waals surface area contributed by atoms with Gasteiger partial charge in [0.1, 0.15) is 5.75 Å². The Kier molecular flexibility index (Phi) is 5.51. The second-order valence-corrected chi connectivity index (χ2v) is 4.66. The van der Waals surface area contributed by atoms with Gasteiger partial charge in [0.05, 0.1) is 0 Å². The van der Waals surface area contributed by atoms with Gasteiger partial charge in [-0.2, -0.15) is 0 Å². The van der Waals surface area contributed by atoms with E-state index in [1.165, 1.54) is 0 Å². The highest BCUT2D eigenvalue weighted by Gasteiger charge is 2.10. The maximum absolute atomic E-state index is 11.6. The summed E-state index contributed by atoms with van der Waals surface area (Å²) in [7, 11) is 0. The summed E-state index contributed by atoms with van der Waals surface area (Å²) in [6.45, 7) is 2.51. The van der Waals surface area contributed by atoms with E-state index in [4.69, 9.17) is 21.1 Å². The molecule has 0 radical (unpaired) electrons. The molecule has 0 aliphatic carbocycles. The number of ether oxygens (including phenoxy) is 2. The van der Waals surface area contributed by atoms with Crippen molar-refractivity contribution in [3.8, 4) is 5.75 Å². The number of carbonyl (C=O) groups is 1. The van der Waals surface area contributed by atoms with Crippen LogP contribution in [0.5, 0.6) is 5.75 Å². The summed E-state index contributed by atoms with van der Waals surface area (Å²) in [5, 5.41) is 11.7. The molecule has 7 nitrogen and oxygen atoms in total. The zero-order valence-corrected chi connectivity index (χ0v) is 12.3. The summed E-state index contributed by atoms with van der Waals surface area (Å²) in [4.78, 5) is 11.6. The molecule has 0 aliphatic heterocycles. The molecule has 0 aliphatic rings. The van der Waals surface area contributed by atoms with Crippen LogP contribution in [0.4, 0.5) is 0 Å². The predicted molar refractivity (Wildman–Crippen MR) is 74.9 cm³/mol. The highest BCUT2D eigenvalue weighted by atomic mass is 35.5. The number of benzene rings is 1. The van der Waals surface area contributed by atoms with Gasteiger partial charge in [-0.1, -0.05) is 24.6 Å². The molecule has 112 valence electrons. The van der Waals surface area contributed by atoms with Crippen LogP contribution < -0.4 is 4.74 Å². The number of aryl methyl sites for hydroxylation is 1. The molecule has 0 amide bonds. The van der Waals surface area contributed by atoms with Crippen molar-refractivity contribution in [1.29, 1.82) is 0 Å². The molecule has 1 heterocycles. The largest absolute Gasteiger partial charge is 0.482 e. The highest BCUT2D eigenvalue weighted by Crippen LogP contribution is 2.16. The third-order valence-electron chi connectivity index (χ3n) is 2.56. The lowest BCUT2D eigenvalue weighted by atomic mass is 10.3. The van der Waals surface area contributed by atoms with Gasteiger partial charge in [-0.05, 0) is 35.0 Å². The van der Waals surface area contributed by atoms with Gasteiger partial charge in [0.15, 0.2) is 19.0 Å². The maximum Gasteiger partial charge on any atom is 0.344 e. The average Bonchev–Trinajstić information content (AvgIpc) is 2.91. The molecule has 0 saturated carbocycles. The van der Waals surface area contributed by atoms with E-state index in [-0.39, 0.29) is 13.2 Å². The van der Waals surface area contributed by atoms with Crippen LogP contribution in [-0.4, -0.2) is 32.8 Å². The van der Waals surface area contributed by atoms with E-state index in [9.17, 15) is 4.79 Å².